The van der Waals surface area contributed by atoms with Gasteiger partial charge in [0.15, 0.2) is 0 Å². The molecule has 6 atom stereocenters. The fourth-order valence-corrected chi connectivity index (χ4v) is 3.52. The van der Waals surface area contributed by atoms with Gasteiger partial charge in [0, 0.05) is 18.3 Å². The van der Waals surface area contributed by atoms with Gasteiger partial charge in [0.2, 0.25) is 17.7 Å². The van der Waals surface area contributed by atoms with Crippen LogP contribution in [-0.4, -0.2) is 62.9 Å². The number of imidazole rings is 1. The van der Waals surface area contributed by atoms with Crippen LogP contribution < -0.4 is 21.7 Å². The van der Waals surface area contributed by atoms with Crippen LogP contribution in [0.15, 0.2) is 12.5 Å². The highest BCUT2D eigenvalue weighted by molar-refractivity contribution is 5.94. The highest BCUT2D eigenvalue weighted by Crippen LogP contribution is 2.11. The number of amides is 3. The summed E-state index contributed by atoms with van der Waals surface area (Å²) in [4.78, 5) is 57.6. The predicted molar refractivity (Wildman–Crippen MR) is 132 cm³/mol. The molecule has 0 aliphatic carbocycles. The SMILES string of the molecule is CCC(C)C(N)C(=O)NC(CC(C)C)C(=O)NC(Cc1cnc[nH]1)C(=O)NC(C(=O)O)C(C)CC. The number of nitrogens with one attached hydrogen (secondary N) is 4. The molecule has 0 bridgehead atoms. The van der Waals surface area contributed by atoms with Crippen molar-refractivity contribution in [2.75, 3.05) is 0 Å². The number of rotatable bonds is 15. The van der Waals surface area contributed by atoms with Crippen molar-refractivity contribution < 1.29 is 24.3 Å². The molecule has 0 fully saturated rings. The highest BCUT2D eigenvalue weighted by atomic mass is 16.4. The Balaban J connectivity index is 3.10. The number of carbonyl (C=O) groups excluding carboxylic acids is 3. The first-order valence-corrected chi connectivity index (χ1v) is 12.3. The van der Waals surface area contributed by atoms with Crippen LogP contribution in [0.4, 0.5) is 0 Å². The monoisotopic (exact) mass is 494 g/mol. The topological polar surface area (TPSA) is 179 Å². The molecular formula is C24H42N6O5. The largest absolute Gasteiger partial charge is 0.480 e. The van der Waals surface area contributed by atoms with E-state index in [1.165, 1.54) is 12.5 Å². The molecule has 11 nitrogen and oxygen atoms in total. The summed E-state index contributed by atoms with van der Waals surface area (Å²) in [6, 6.07) is -3.85. The number of aromatic amines is 1. The summed E-state index contributed by atoms with van der Waals surface area (Å²) >= 11 is 0. The van der Waals surface area contributed by atoms with E-state index in [1.807, 2.05) is 34.6 Å². The van der Waals surface area contributed by atoms with Gasteiger partial charge in [-0.25, -0.2) is 9.78 Å². The Morgan fingerprint density at radius 3 is 2.00 bits per heavy atom. The van der Waals surface area contributed by atoms with Crippen LogP contribution in [0.3, 0.4) is 0 Å². The van der Waals surface area contributed by atoms with Crippen molar-refractivity contribution in [3.05, 3.63) is 18.2 Å². The number of carboxylic acids is 1. The lowest BCUT2D eigenvalue weighted by molar-refractivity contribution is -0.143. The van der Waals surface area contributed by atoms with E-state index in [-0.39, 0.29) is 24.2 Å². The van der Waals surface area contributed by atoms with Gasteiger partial charge in [-0.2, -0.15) is 0 Å². The van der Waals surface area contributed by atoms with Crippen LogP contribution in [0.2, 0.25) is 0 Å². The zero-order valence-electron chi connectivity index (χ0n) is 21.6. The molecule has 0 radical (unpaired) electrons. The average molecular weight is 495 g/mol. The van der Waals surface area contributed by atoms with E-state index in [4.69, 9.17) is 5.73 Å². The van der Waals surface area contributed by atoms with Crippen LogP contribution in [0.1, 0.15) is 66.5 Å². The van der Waals surface area contributed by atoms with Crippen molar-refractivity contribution >= 4 is 23.7 Å². The second-order valence-electron chi connectivity index (χ2n) is 9.65. The third kappa shape index (κ3) is 9.67. The van der Waals surface area contributed by atoms with Gasteiger partial charge in [-0.1, -0.05) is 54.4 Å². The van der Waals surface area contributed by atoms with Gasteiger partial charge in [-0.3, -0.25) is 14.4 Å². The molecule has 11 heteroatoms. The van der Waals surface area contributed by atoms with Crippen LogP contribution in [0.25, 0.3) is 0 Å². The zero-order chi connectivity index (χ0) is 26.7. The summed E-state index contributed by atoms with van der Waals surface area (Å²) in [5.74, 6) is -3.06. The van der Waals surface area contributed by atoms with Crippen molar-refractivity contribution in [2.24, 2.45) is 23.5 Å². The Bertz CT molecular complexity index is 828. The standard InChI is InChI=1S/C24H42N6O5/c1-7-14(5)19(25)23(33)29-17(9-13(3)4)21(31)28-18(10-16-11-26-12-27-16)22(32)30-20(24(34)35)15(6)8-2/h11-15,17-20H,7-10,25H2,1-6H3,(H,26,27)(H,28,31)(H,29,33)(H,30,32)(H,34,35). The lowest BCUT2D eigenvalue weighted by Crippen LogP contribution is -2.58. The molecule has 0 spiro atoms. The summed E-state index contributed by atoms with van der Waals surface area (Å²) < 4.78 is 0. The first-order chi connectivity index (χ1) is 16.4. The minimum atomic E-state index is -1.15. The smallest absolute Gasteiger partial charge is 0.326 e. The first kappa shape index (κ1) is 30.1. The number of nitrogens with two attached hydrogens (primary N) is 1. The quantitative estimate of drug-likeness (QED) is 0.210. The number of hydrogen-bond acceptors (Lipinski definition) is 6. The van der Waals surface area contributed by atoms with E-state index >= 15 is 0 Å². The molecule has 198 valence electrons. The number of carboxylic acid groups (broad SMARTS) is 1. The maximum Gasteiger partial charge on any atom is 0.326 e. The molecule has 1 aromatic rings. The number of H-pyrrole nitrogens is 1. The maximum absolute atomic E-state index is 13.2. The van der Waals surface area contributed by atoms with Crippen LogP contribution in [-0.2, 0) is 25.6 Å². The lowest BCUT2D eigenvalue weighted by atomic mass is 9.97. The lowest BCUT2D eigenvalue weighted by Gasteiger charge is -2.27. The Hall–Kier alpha value is -2.95. The van der Waals surface area contributed by atoms with Crippen LogP contribution in [0, 0.1) is 17.8 Å². The van der Waals surface area contributed by atoms with Crippen molar-refractivity contribution in [3.63, 3.8) is 0 Å². The number of nitrogens with zero attached hydrogens (tertiary/aromatic N) is 1. The second kappa shape index (κ2) is 14.4. The third-order valence-corrected chi connectivity index (χ3v) is 6.29. The molecule has 7 N–H and O–H groups in total. The molecule has 6 unspecified atom stereocenters. The van der Waals surface area contributed by atoms with Gasteiger partial charge in [0.1, 0.15) is 18.1 Å². The maximum atomic E-state index is 13.2. The summed E-state index contributed by atoms with van der Waals surface area (Å²) in [6.45, 7) is 11.2. The Morgan fingerprint density at radius 2 is 1.51 bits per heavy atom. The van der Waals surface area contributed by atoms with Crippen molar-refractivity contribution in [1.82, 2.24) is 25.9 Å². The molecule has 35 heavy (non-hydrogen) atoms. The fourth-order valence-electron chi connectivity index (χ4n) is 3.52. The molecular weight excluding hydrogens is 452 g/mol. The van der Waals surface area contributed by atoms with Gasteiger partial charge < -0.3 is 31.8 Å². The molecule has 0 saturated heterocycles. The third-order valence-electron chi connectivity index (χ3n) is 6.29. The van der Waals surface area contributed by atoms with Gasteiger partial charge in [-0.15, -0.1) is 0 Å². The van der Waals surface area contributed by atoms with Crippen molar-refractivity contribution in [3.8, 4) is 0 Å². The van der Waals surface area contributed by atoms with Gasteiger partial charge in [-0.05, 0) is 24.2 Å². The zero-order valence-corrected chi connectivity index (χ0v) is 21.6. The van der Waals surface area contributed by atoms with E-state index in [2.05, 4.69) is 25.9 Å². The highest BCUT2D eigenvalue weighted by Gasteiger charge is 2.33. The summed E-state index contributed by atoms with van der Waals surface area (Å²) in [6.07, 6.45) is 4.64. The van der Waals surface area contributed by atoms with E-state index in [0.29, 0.717) is 25.0 Å². The predicted octanol–water partition coefficient (Wildman–Crippen LogP) is 0.957. The number of aliphatic carboxylic acids is 1. The van der Waals surface area contributed by atoms with Crippen molar-refractivity contribution in [1.29, 1.82) is 0 Å². The molecule has 0 aliphatic rings. The van der Waals surface area contributed by atoms with Gasteiger partial charge in [0.05, 0.1) is 12.4 Å². The Morgan fingerprint density at radius 1 is 0.943 bits per heavy atom. The summed E-state index contributed by atoms with van der Waals surface area (Å²) in [7, 11) is 0. The minimum absolute atomic E-state index is 0.0647. The Labute approximate surface area is 207 Å². The molecule has 3 amide bonds. The molecule has 1 aromatic heterocycles. The minimum Gasteiger partial charge on any atom is -0.480 e. The van der Waals surface area contributed by atoms with E-state index in [1.54, 1.807) is 6.92 Å². The van der Waals surface area contributed by atoms with Gasteiger partial charge in [0.25, 0.3) is 0 Å². The van der Waals surface area contributed by atoms with Gasteiger partial charge >= 0.3 is 5.97 Å². The average Bonchev–Trinajstić information content (AvgIpc) is 3.32. The summed E-state index contributed by atoms with van der Waals surface area (Å²) in [5.41, 5.74) is 6.63. The molecule has 0 aromatic carbocycles. The fraction of sp³-hybridized carbons (Fsp3) is 0.708. The van der Waals surface area contributed by atoms with Crippen LogP contribution in [0.5, 0.6) is 0 Å². The number of hydrogen-bond donors (Lipinski definition) is 6. The molecule has 1 heterocycles. The molecule has 1 rings (SSSR count). The number of aromatic nitrogens is 2. The summed E-state index contributed by atoms with van der Waals surface area (Å²) in [5, 5.41) is 17.6. The number of carbonyl (C=O) groups is 4. The second-order valence-corrected chi connectivity index (χ2v) is 9.65. The normalized spacial score (nSPS) is 16.5. The Kier molecular flexibility index (Phi) is 12.4. The van der Waals surface area contributed by atoms with Crippen molar-refractivity contribution in [2.45, 2.75) is 91.4 Å². The first-order valence-electron chi connectivity index (χ1n) is 12.3. The van der Waals surface area contributed by atoms with E-state index in [0.717, 1.165) is 0 Å². The molecule has 0 aliphatic heterocycles. The van der Waals surface area contributed by atoms with E-state index in [9.17, 15) is 24.3 Å². The molecule has 0 saturated carbocycles. The van der Waals surface area contributed by atoms with E-state index < -0.39 is 47.9 Å². The van der Waals surface area contributed by atoms with Crippen LogP contribution >= 0.6 is 0 Å².